The van der Waals surface area contributed by atoms with Crippen molar-refractivity contribution in [2.45, 2.75) is 0 Å². The third-order valence-corrected chi connectivity index (χ3v) is 2.20. The average Bonchev–Trinajstić information content (AvgIpc) is 2.30. The van der Waals surface area contributed by atoms with E-state index in [1.165, 1.54) is 0 Å². The van der Waals surface area contributed by atoms with E-state index in [0.29, 0.717) is 0 Å². The van der Waals surface area contributed by atoms with Crippen LogP contribution < -0.4 is 11.1 Å². The van der Waals surface area contributed by atoms with Crippen molar-refractivity contribution in [3.63, 3.8) is 0 Å². The second-order valence-electron chi connectivity index (χ2n) is 3.36. The molecule has 0 unspecified atom stereocenters. The number of guanidine groups is 1. The van der Waals surface area contributed by atoms with Crippen molar-refractivity contribution >= 4 is 11.6 Å². The van der Waals surface area contributed by atoms with Gasteiger partial charge in [-0.1, -0.05) is 48.5 Å². The highest BCUT2D eigenvalue weighted by Gasteiger charge is 2.04. The van der Waals surface area contributed by atoms with Crippen molar-refractivity contribution in [2.75, 3.05) is 5.32 Å². The Kier molecular flexibility index (Phi) is 2.87. The first-order valence-corrected chi connectivity index (χ1v) is 4.94. The summed E-state index contributed by atoms with van der Waals surface area (Å²) in [5.74, 6) is -0.0837. The number of para-hydroxylation sites is 1. The molecule has 1 radical (unpaired) electrons. The molecular weight excluding hydrogens is 198 g/mol. The Labute approximate surface area is 94.4 Å². The predicted molar refractivity (Wildman–Crippen MR) is 66.3 cm³/mol. The minimum atomic E-state index is -0.0837. The van der Waals surface area contributed by atoms with Crippen LogP contribution in [0.2, 0.25) is 0 Å². The molecule has 0 aliphatic rings. The third kappa shape index (κ3) is 2.20. The minimum Gasteiger partial charge on any atom is -0.370 e. The number of nitrogens with one attached hydrogen (secondary N) is 2. The number of anilines is 1. The molecule has 0 aliphatic carbocycles. The van der Waals surface area contributed by atoms with Gasteiger partial charge in [0, 0.05) is 11.6 Å². The van der Waals surface area contributed by atoms with Gasteiger partial charge in [-0.25, -0.2) is 0 Å². The van der Waals surface area contributed by atoms with Gasteiger partial charge in [0.1, 0.15) is 0 Å². The first-order valence-electron chi connectivity index (χ1n) is 4.94. The summed E-state index contributed by atoms with van der Waals surface area (Å²) in [7, 11) is 0. The Hall–Kier alpha value is -2.29. The molecule has 0 heterocycles. The lowest BCUT2D eigenvalue weighted by Gasteiger charge is -2.09. The van der Waals surface area contributed by atoms with Crippen molar-refractivity contribution in [2.24, 2.45) is 5.73 Å². The summed E-state index contributed by atoms with van der Waals surface area (Å²) in [6, 6.07) is 18.6. The molecule has 0 saturated carbocycles. The van der Waals surface area contributed by atoms with Crippen molar-refractivity contribution in [3.8, 4) is 11.1 Å². The van der Waals surface area contributed by atoms with Crippen LogP contribution >= 0.6 is 0 Å². The fourth-order valence-corrected chi connectivity index (χ4v) is 1.53. The van der Waals surface area contributed by atoms with Crippen LogP contribution in [-0.2, 0) is 0 Å². The van der Waals surface area contributed by atoms with E-state index in [0.717, 1.165) is 16.8 Å². The van der Waals surface area contributed by atoms with Gasteiger partial charge in [-0.15, -0.1) is 0 Å². The lowest BCUT2D eigenvalue weighted by molar-refractivity contribution is 1.41. The highest BCUT2D eigenvalue weighted by Crippen LogP contribution is 2.26. The molecule has 0 aliphatic heterocycles. The first-order chi connectivity index (χ1) is 7.77. The standard InChI is InChI=1S/C13H12N3/c14-13(15)16-12-9-5-4-8-11(12)10-6-2-1-3-7-10/h1-8H,(H4,14,15,16). The molecule has 0 amide bonds. The molecule has 0 bridgehead atoms. The lowest BCUT2D eigenvalue weighted by atomic mass is 10.0. The molecule has 0 fully saturated rings. The van der Waals surface area contributed by atoms with Crippen molar-refractivity contribution in [1.29, 1.82) is 5.41 Å². The lowest BCUT2D eigenvalue weighted by Crippen LogP contribution is -2.20. The summed E-state index contributed by atoms with van der Waals surface area (Å²) in [5, 5.41) is 10.0. The number of benzene rings is 2. The Balaban J connectivity index is 2.44. The van der Waals surface area contributed by atoms with Gasteiger partial charge in [0.2, 0.25) is 0 Å². The molecule has 2 aromatic rings. The van der Waals surface area contributed by atoms with Crippen molar-refractivity contribution in [3.05, 3.63) is 54.6 Å². The zero-order chi connectivity index (χ0) is 11.4. The zero-order valence-corrected chi connectivity index (χ0v) is 8.70. The largest absolute Gasteiger partial charge is 0.370 e. The van der Waals surface area contributed by atoms with Gasteiger partial charge >= 0.3 is 0 Å². The van der Waals surface area contributed by atoms with Crippen LogP contribution in [-0.4, -0.2) is 5.96 Å². The van der Waals surface area contributed by atoms with Gasteiger partial charge in [0.25, 0.3) is 0 Å². The fraction of sp³-hybridized carbons (Fsp3) is 0. The van der Waals surface area contributed by atoms with Crippen LogP contribution in [0.25, 0.3) is 11.1 Å². The zero-order valence-electron chi connectivity index (χ0n) is 8.70. The van der Waals surface area contributed by atoms with Gasteiger partial charge in [-0.05, 0) is 5.56 Å². The van der Waals surface area contributed by atoms with E-state index in [4.69, 9.17) is 11.1 Å². The molecule has 0 saturated heterocycles. The van der Waals surface area contributed by atoms with E-state index in [1.54, 1.807) is 6.07 Å². The molecule has 2 rings (SSSR count). The van der Waals surface area contributed by atoms with Gasteiger partial charge in [-0.3, -0.25) is 5.41 Å². The van der Waals surface area contributed by atoms with Crippen LogP contribution in [0.4, 0.5) is 5.69 Å². The van der Waals surface area contributed by atoms with E-state index < -0.39 is 0 Å². The van der Waals surface area contributed by atoms with E-state index in [2.05, 4.69) is 11.4 Å². The number of nitrogens with two attached hydrogens (primary N) is 1. The molecule has 3 heteroatoms. The topological polar surface area (TPSA) is 61.9 Å². The maximum absolute atomic E-state index is 7.24. The smallest absolute Gasteiger partial charge is 0.190 e. The van der Waals surface area contributed by atoms with E-state index in [1.807, 2.05) is 42.5 Å². The molecule has 0 spiro atoms. The van der Waals surface area contributed by atoms with Gasteiger partial charge < -0.3 is 11.1 Å². The van der Waals surface area contributed by atoms with Crippen LogP contribution in [0.1, 0.15) is 0 Å². The molecule has 0 atom stereocenters. The normalized spacial score (nSPS) is 9.75. The molecular formula is C13H12N3. The first kappa shape index (κ1) is 10.2. The predicted octanol–water partition coefficient (Wildman–Crippen LogP) is 2.46. The second-order valence-corrected chi connectivity index (χ2v) is 3.36. The summed E-state index contributed by atoms with van der Waals surface area (Å²) in [6.45, 7) is 0. The third-order valence-electron chi connectivity index (χ3n) is 2.20. The highest BCUT2D eigenvalue weighted by atomic mass is 15.0. The van der Waals surface area contributed by atoms with Crippen molar-refractivity contribution in [1.82, 2.24) is 0 Å². The SMILES string of the molecule is N=C(N)Nc1[c]cccc1-c1ccccc1. The van der Waals surface area contributed by atoms with Gasteiger partial charge in [-0.2, -0.15) is 0 Å². The highest BCUT2D eigenvalue weighted by molar-refractivity contribution is 5.94. The monoisotopic (exact) mass is 210 g/mol. The van der Waals surface area contributed by atoms with Crippen LogP contribution in [0.15, 0.2) is 48.5 Å². The Morgan fingerprint density at radius 2 is 1.88 bits per heavy atom. The summed E-state index contributed by atoms with van der Waals surface area (Å²) in [5.41, 5.74) is 8.10. The molecule has 4 N–H and O–H groups in total. The van der Waals surface area contributed by atoms with Crippen LogP contribution in [0.3, 0.4) is 0 Å². The average molecular weight is 210 g/mol. The maximum atomic E-state index is 7.24. The summed E-state index contributed by atoms with van der Waals surface area (Å²) in [4.78, 5) is 0. The van der Waals surface area contributed by atoms with Crippen LogP contribution in [0, 0.1) is 11.5 Å². The summed E-state index contributed by atoms with van der Waals surface area (Å²) >= 11 is 0. The number of hydrogen-bond donors (Lipinski definition) is 3. The summed E-state index contributed by atoms with van der Waals surface area (Å²) < 4.78 is 0. The molecule has 16 heavy (non-hydrogen) atoms. The van der Waals surface area contributed by atoms with E-state index in [9.17, 15) is 0 Å². The molecule has 0 aromatic heterocycles. The molecule has 3 nitrogen and oxygen atoms in total. The molecule has 79 valence electrons. The number of hydrogen-bond acceptors (Lipinski definition) is 1. The Morgan fingerprint density at radius 1 is 1.12 bits per heavy atom. The Morgan fingerprint density at radius 3 is 2.56 bits per heavy atom. The fourth-order valence-electron chi connectivity index (χ4n) is 1.53. The van der Waals surface area contributed by atoms with Crippen LogP contribution in [0.5, 0.6) is 0 Å². The van der Waals surface area contributed by atoms with Gasteiger partial charge in [0.15, 0.2) is 5.96 Å². The molecule has 2 aromatic carbocycles. The maximum Gasteiger partial charge on any atom is 0.190 e. The quantitative estimate of drug-likeness (QED) is 0.526. The summed E-state index contributed by atoms with van der Waals surface area (Å²) in [6.07, 6.45) is 0. The van der Waals surface area contributed by atoms with Gasteiger partial charge in [0.05, 0.1) is 5.69 Å². The van der Waals surface area contributed by atoms with Crippen molar-refractivity contribution < 1.29 is 0 Å². The van der Waals surface area contributed by atoms with E-state index >= 15 is 0 Å². The Bertz CT molecular complexity index is 492. The van der Waals surface area contributed by atoms with E-state index in [-0.39, 0.29) is 5.96 Å². The minimum absolute atomic E-state index is 0.0837. The second kappa shape index (κ2) is 4.49. The number of rotatable bonds is 2.